The summed E-state index contributed by atoms with van der Waals surface area (Å²) in [5.74, 6) is -2.21. The average molecular weight is 172 g/mol. The van der Waals surface area contributed by atoms with Gasteiger partial charge in [0.1, 0.15) is 0 Å². The van der Waals surface area contributed by atoms with Crippen molar-refractivity contribution in [2.24, 2.45) is 0 Å². The number of rotatable bonds is 1. The van der Waals surface area contributed by atoms with Gasteiger partial charge in [0.2, 0.25) is 0 Å². The normalized spacial score (nSPS) is 6.20. The molecule has 0 fully saturated rings. The summed E-state index contributed by atoms with van der Waals surface area (Å²) in [4.78, 5) is 18.1. The SMILES string of the molecule is CC(=O)[O-].O=C([O-])C[P].[Mg+2]. The number of carboxylic acid groups (broad SMARTS) is 2. The van der Waals surface area contributed by atoms with Gasteiger partial charge in [-0.1, -0.05) is 0 Å². The van der Waals surface area contributed by atoms with Crippen molar-refractivity contribution in [2.75, 3.05) is 6.16 Å². The van der Waals surface area contributed by atoms with Gasteiger partial charge in [0, 0.05) is 18.1 Å². The van der Waals surface area contributed by atoms with Crippen LogP contribution in [-0.4, -0.2) is 41.2 Å². The number of hydrogen-bond donors (Lipinski definition) is 0. The van der Waals surface area contributed by atoms with E-state index in [1.165, 1.54) is 0 Å². The summed E-state index contributed by atoms with van der Waals surface area (Å²) in [7, 11) is 3.35. The van der Waals surface area contributed by atoms with Crippen LogP contribution in [0.1, 0.15) is 6.92 Å². The largest absolute Gasteiger partial charge is 2.00 e. The second kappa shape index (κ2) is 11.9. The zero-order chi connectivity index (χ0) is 7.86. The second-order valence-electron chi connectivity index (χ2n) is 1.02. The quantitative estimate of drug-likeness (QED) is 0.324. The van der Waals surface area contributed by atoms with Crippen molar-refractivity contribution in [3.05, 3.63) is 0 Å². The Hall–Kier alpha value is 0.136. The van der Waals surface area contributed by atoms with Crippen LogP contribution < -0.4 is 10.2 Å². The van der Waals surface area contributed by atoms with E-state index in [1.54, 1.807) is 0 Å². The van der Waals surface area contributed by atoms with E-state index < -0.39 is 11.9 Å². The van der Waals surface area contributed by atoms with Crippen molar-refractivity contribution < 1.29 is 19.8 Å². The van der Waals surface area contributed by atoms with Gasteiger partial charge in [-0.2, -0.15) is 0 Å². The first kappa shape index (κ1) is 16.6. The minimum absolute atomic E-state index is 0. The third-order valence-corrected chi connectivity index (χ3v) is 0.387. The first-order valence-corrected chi connectivity index (χ1v) is 2.62. The van der Waals surface area contributed by atoms with Gasteiger partial charge >= 0.3 is 23.1 Å². The van der Waals surface area contributed by atoms with E-state index in [1.807, 2.05) is 0 Å². The minimum Gasteiger partial charge on any atom is -0.550 e. The molecule has 10 heavy (non-hydrogen) atoms. The second-order valence-corrected chi connectivity index (χ2v) is 1.34. The molecule has 0 heterocycles. The van der Waals surface area contributed by atoms with Crippen molar-refractivity contribution in [1.82, 2.24) is 0 Å². The Balaban J connectivity index is -0.0000000910. The third kappa shape index (κ3) is 90.8. The summed E-state index contributed by atoms with van der Waals surface area (Å²) in [5, 5.41) is 18.1. The summed E-state index contributed by atoms with van der Waals surface area (Å²) < 4.78 is 0. The Morgan fingerprint density at radius 3 is 1.50 bits per heavy atom. The fourth-order valence-corrected chi connectivity index (χ4v) is 0. The average Bonchev–Trinajstić information content (AvgIpc) is 1.65. The Morgan fingerprint density at radius 2 is 1.50 bits per heavy atom. The predicted molar refractivity (Wildman–Crippen MR) is 33.2 cm³/mol. The maximum Gasteiger partial charge on any atom is 2.00 e. The van der Waals surface area contributed by atoms with E-state index in [0.717, 1.165) is 6.92 Å². The van der Waals surface area contributed by atoms with E-state index in [2.05, 4.69) is 9.24 Å². The topological polar surface area (TPSA) is 80.3 Å². The summed E-state index contributed by atoms with van der Waals surface area (Å²) in [6, 6.07) is 0. The van der Waals surface area contributed by atoms with Gasteiger partial charge in [-0.25, -0.2) is 0 Å². The molecular weight excluding hydrogens is 167 g/mol. The van der Waals surface area contributed by atoms with Crippen LogP contribution in [0.2, 0.25) is 0 Å². The molecule has 0 bridgehead atoms. The van der Waals surface area contributed by atoms with E-state index >= 15 is 0 Å². The fraction of sp³-hybridized carbons (Fsp3) is 0.500. The van der Waals surface area contributed by atoms with Crippen molar-refractivity contribution in [1.29, 1.82) is 0 Å². The predicted octanol–water partition coefficient (Wildman–Crippen LogP) is -2.48. The molecule has 0 atom stereocenters. The molecule has 0 amide bonds. The van der Waals surface area contributed by atoms with E-state index in [9.17, 15) is 9.90 Å². The van der Waals surface area contributed by atoms with Crippen LogP contribution in [0.5, 0.6) is 0 Å². The first-order chi connectivity index (χ1) is 4.00. The third-order valence-electron chi connectivity index (χ3n) is 0.129. The molecular formula is C4H5MgO4P. The monoisotopic (exact) mass is 172 g/mol. The molecule has 0 aliphatic heterocycles. The van der Waals surface area contributed by atoms with Crippen molar-refractivity contribution in [2.45, 2.75) is 6.92 Å². The molecule has 0 aromatic carbocycles. The van der Waals surface area contributed by atoms with Crippen LogP contribution in [0, 0.1) is 0 Å². The van der Waals surface area contributed by atoms with Gasteiger partial charge in [0.25, 0.3) is 0 Å². The molecule has 0 spiro atoms. The molecule has 52 valence electrons. The summed E-state index contributed by atoms with van der Waals surface area (Å²) in [6.07, 6.45) is -0.194. The maximum atomic E-state index is 9.18. The minimum atomic E-state index is -1.13. The van der Waals surface area contributed by atoms with Crippen LogP contribution in [0.25, 0.3) is 0 Å². The van der Waals surface area contributed by atoms with E-state index in [4.69, 9.17) is 9.90 Å². The zero-order valence-corrected chi connectivity index (χ0v) is 7.80. The number of carbonyl (C=O) groups is 2. The molecule has 2 radical (unpaired) electrons. The zero-order valence-electron chi connectivity index (χ0n) is 5.49. The van der Waals surface area contributed by atoms with Crippen LogP contribution in [0.4, 0.5) is 0 Å². The molecule has 6 heteroatoms. The first-order valence-electron chi connectivity index (χ1n) is 1.99. The molecule has 0 N–H and O–H groups in total. The molecule has 0 aromatic heterocycles. The van der Waals surface area contributed by atoms with Gasteiger partial charge in [0.15, 0.2) is 0 Å². The van der Waals surface area contributed by atoms with Crippen molar-refractivity contribution in [3.8, 4) is 0 Å². The number of hydrogen-bond acceptors (Lipinski definition) is 4. The smallest absolute Gasteiger partial charge is 0.550 e. The molecule has 4 nitrogen and oxygen atoms in total. The molecule has 0 saturated carbocycles. The summed E-state index contributed by atoms with van der Waals surface area (Å²) in [6.45, 7) is 0.972. The van der Waals surface area contributed by atoms with E-state index in [-0.39, 0.29) is 29.2 Å². The van der Waals surface area contributed by atoms with E-state index in [0.29, 0.717) is 0 Å². The van der Waals surface area contributed by atoms with Gasteiger partial charge in [-0.15, -0.1) is 0 Å². The summed E-state index contributed by atoms with van der Waals surface area (Å²) in [5.41, 5.74) is 0. The van der Waals surface area contributed by atoms with Crippen LogP contribution >= 0.6 is 9.24 Å². The van der Waals surface area contributed by atoms with Gasteiger partial charge < -0.3 is 19.8 Å². The Morgan fingerprint density at radius 1 is 1.40 bits per heavy atom. The Kier molecular flexibility index (Phi) is 19.7. The standard InChI is InChI=1S/C2H3O2P.C2H4O2.Mg/c3-2(4)1-5;1-2(3)4;/h1H2,(H,3,4);1H3,(H,3,4);/q;;+2/p-2. The molecule has 0 unspecified atom stereocenters. The Labute approximate surface area is 77.4 Å². The molecule has 0 aliphatic rings. The van der Waals surface area contributed by atoms with Crippen LogP contribution in [0.3, 0.4) is 0 Å². The number of aliphatic carboxylic acids is 2. The molecule has 0 aliphatic carbocycles. The van der Waals surface area contributed by atoms with Gasteiger partial charge in [-0.3, -0.25) is 0 Å². The summed E-state index contributed by atoms with van der Waals surface area (Å²) >= 11 is 0. The molecule has 0 aromatic rings. The van der Waals surface area contributed by atoms with Crippen LogP contribution in [-0.2, 0) is 9.59 Å². The van der Waals surface area contributed by atoms with Gasteiger partial charge in [-0.05, 0) is 16.2 Å². The molecule has 0 saturated heterocycles. The van der Waals surface area contributed by atoms with Crippen molar-refractivity contribution >= 4 is 44.2 Å². The Bertz CT molecular complexity index is 101. The van der Waals surface area contributed by atoms with Crippen LogP contribution in [0.15, 0.2) is 0 Å². The fourth-order valence-electron chi connectivity index (χ4n) is 0. The van der Waals surface area contributed by atoms with Crippen molar-refractivity contribution in [3.63, 3.8) is 0 Å². The maximum absolute atomic E-state index is 9.18. The number of carboxylic acids is 2. The van der Waals surface area contributed by atoms with Gasteiger partial charge in [0.05, 0.1) is 0 Å². The number of carbonyl (C=O) groups excluding carboxylic acids is 2. The molecule has 0 rings (SSSR count).